The molecule has 0 aliphatic rings. The Labute approximate surface area is 195 Å². The van der Waals surface area contributed by atoms with E-state index in [2.05, 4.69) is 26.2 Å². The molecule has 4 rings (SSSR count). The van der Waals surface area contributed by atoms with E-state index in [1.54, 1.807) is 19.1 Å². The van der Waals surface area contributed by atoms with Crippen molar-refractivity contribution in [1.29, 1.82) is 0 Å². The zero-order valence-corrected chi connectivity index (χ0v) is 19.4. The number of halogens is 1. The average molecular weight is 512 g/mol. The first-order chi connectivity index (χ1) is 15.4. The Morgan fingerprint density at radius 2 is 1.84 bits per heavy atom. The predicted molar refractivity (Wildman–Crippen MR) is 127 cm³/mol. The molecule has 2 aromatic carbocycles. The zero-order valence-electron chi connectivity index (χ0n) is 17.0. The highest BCUT2D eigenvalue weighted by molar-refractivity contribution is 9.10. The molecule has 0 aliphatic carbocycles. The molecule has 0 aliphatic heterocycles. The number of hydrogen-bond donors (Lipinski definition) is 1. The van der Waals surface area contributed by atoms with Crippen LogP contribution in [0.1, 0.15) is 20.8 Å². The van der Waals surface area contributed by atoms with Gasteiger partial charge in [0, 0.05) is 10.2 Å². The molecule has 7 nitrogen and oxygen atoms in total. The molecule has 0 unspecified atom stereocenters. The fraction of sp³-hybridized carbons (Fsp3) is 0.130. The first kappa shape index (κ1) is 21.9. The van der Waals surface area contributed by atoms with Gasteiger partial charge in [-0.2, -0.15) is 0 Å². The van der Waals surface area contributed by atoms with Crippen LogP contribution in [-0.2, 0) is 22.7 Å². The van der Waals surface area contributed by atoms with Crippen LogP contribution in [0.15, 0.2) is 70.2 Å². The molecule has 0 spiro atoms. The lowest BCUT2D eigenvalue weighted by Gasteiger charge is -2.07. The Balaban J connectivity index is 1.52. The number of fused-ring (bicyclic) bond motifs is 1. The summed E-state index contributed by atoms with van der Waals surface area (Å²) in [6, 6.07) is 16.5. The van der Waals surface area contributed by atoms with E-state index < -0.39 is 5.97 Å². The SMILES string of the molecule is Cc1c(C(=O)OCc2ccccc2)sc2ncn(CC(=O)Nc3ccc(Br)cc3)c(=O)c12. The molecule has 0 radical (unpaired) electrons. The summed E-state index contributed by atoms with van der Waals surface area (Å²) in [5.41, 5.74) is 1.62. The van der Waals surface area contributed by atoms with Gasteiger partial charge in [0.05, 0.1) is 11.7 Å². The van der Waals surface area contributed by atoms with Gasteiger partial charge in [-0.25, -0.2) is 9.78 Å². The highest BCUT2D eigenvalue weighted by Gasteiger charge is 2.21. The Bertz CT molecular complexity index is 1350. The maximum absolute atomic E-state index is 13.0. The Morgan fingerprint density at radius 1 is 1.12 bits per heavy atom. The fourth-order valence-corrected chi connectivity index (χ4v) is 4.44. The van der Waals surface area contributed by atoms with Crippen molar-refractivity contribution in [2.75, 3.05) is 5.32 Å². The van der Waals surface area contributed by atoms with Crippen LogP contribution >= 0.6 is 27.3 Å². The van der Waals surface area contributed by atoms with Crippen LogP contribution < -0.4 is 10.9 Å². The minimum absolute atomic E-state index is 0.140. The minimum Gasteiger partial charge on any atom is -0.457 e. The Hall–Kier alpha value is -3.30. The van der Waals surface area contributed by atoms with E-state index in [9.17, 15) is 14.4 Å². The van der Waals surface area contributed by atoms with E-state index in [0.717, 1.165) is 21.4 Å². The molecular formula is C23H18BrN3O4S. The van der Waals surface area contributed by atoms with Crippen molar-refractivity contribution in [3.63, 3.8) is 0 Å². The molecule has 1 N–H and O–H groups in total. The van der Waals surface area contributed by atoms with Crippen molar-refractivity contribution < 1.29 is 14.3 Å². The number of rotatable bonds is 6. The summed E-state index contributed by atoms with van der Waals surface area (Å²) in [5.74, 6) is -0.862. The lowest BCUT2D eigenvalue weighted by Crippen LogP contribution is -2.27. The molecule has 0 atom stereocenters. The van der Waals surface area contributed by atoms with Gasteiger partial charge in [0.15, 0.2) is 0 Å². The third kappa shape index (κ3) is 4.79. The summed E-state index contributed by atoms with van der Waals surface area (Å²) in [5, 5.41) is 3.06. The first-order valence-electron chi connectivity index (χ1n) is 9.67. The number of benzene rings is 2. The predicted octanol–water partition coefficient (Wildman–Crippen LogP) is 4.52. The Kier molecular flexibility index (Phi) is 6.48. The third-order valence-electron chi connectivity index (χ3n) is 4.76. The summed E-state index contributed by atoms with van der Waals surface area (Å²) in [7, 11) is 0. The van der Waals surface area contributed by atoms with Crippen molar-refractivity contribution in [3.8, 4) is 0 Å². The van der Waals surface area contributed by atoms with Crippen molar-refractivity contribution in [1.82, 2.24) is 9.55 Å². The van der Waals surface area contributed by atoms with Crippen molar-refractivity contribution in [2.24, 2.45) is 0 Å². The standard InChI is InChI=1S/C23H18BrN3O4S/c1-14-19-21(32-20(14)23(30)31-12-15-5-3-2-4-6-15)25-13-27(22(19)29)11-18(28)26-17-9-7-16(24)8-10-17/h2-10,13H,11-12H2,1H3,(H,26,28). The number of amides is 1. The quantitative estimate of drug-likeness (QED) is 0.384. The monoisotopic (exact) mass is 511 g/mol. The molecule has 2 heterocycles. The zero-order chi connectivity index (χ0) is 22.7. The van der Waals surface area contributed by atoms with Gasteiger partial charge in [0.25, 0.3) is 5.56 Å². The number of nitrogens with one attached hydrogen (secondary N) is 1. The largest absolute Gasteiger partial charge is 0.457 e. The average Bonchev–Trinajstić information content (AvgIpc) is 3.13. The number of carbonyl (C=O) groups is 2. The van der Waals surface area contributed by atoms with Crippen LogP contribution in [0.3, 0.4) is 0 Å². The summed E-state index contributed by atoms with van der Waals surface area (Å²) in [4.78, 5) is 43.0. The van der Waals surface area contributed by atoms with E-state index in [0.29, 0.717) is 26.3 Å². The summed E-state index contributed by atoms with van der Waals surface area (Å²) in [6.45, 7) is 1.63. The molecule has 1 amide bonds. The molecular weight excluding hydrogens is 494 g/mol. The second-order valence-corrected chi connectivity index (χ2v) is 8.95. The molecule has 162 valence electrons. The topological polar surface area (TPSA) is 90.3 Å². The fourth-order valence-electron chi connectivity index (χ4n) is 3.14. The number of nitrogens with zero attached hydrogens (tertiary/aromatic N) is 2. The molecule has 0 saturated heterocycles. The molecule has 2 aromatic heterocycles. The van der Waals surface area contributed by atoms with Gasteiger partial charge >= 0.3 is 5.97 Å². The molecule has 32 heavy (non-hydrogen) atoms. The number of aryl methyl sites for hydroxylation is 1. The van der Waals surface area contributed by atoms with Crippen LogP contribution in [-0.4, -0.2) is 21.4 Å². The Morgan fingerprint density at radius 3 is 2.56 bits per heavy atom. The highest BCUT2D eigenvalue weighted by atomic mass is 79.9. The number of hydrogen-bond acceptors (Lipinski definition) is 6. The van der Waals surface area contributed by atoms with Crippen LogP contribution in [0.2, 0.25) is 0 Å². The van der Waals surface area contributed by atoms with Crippen LogP contribution in [0.5, 0.6) is 0 Å². The second kappa shape index (κ2) is 9.46. The van der Waals surface area contributed by atoms with Gasteiger partial charge < -0.3 is 10.1 Å². The second-order valence-electron chi connectivity index (χ2n) is 7.03. The highest BCUT2D eigenvalue weighted by Crippen LogP contribution is 2.27. The summed E-state index contributed by atoms with van der Waals surface area (Å²) >= 11 is 4.45. The molecule has 0 bridgehead atoms. The van der Waals surface area contributed by atoms with E-state index in [-0.39, 0.29) is 24.6 Å². The van der Waals surface area contributed by atoms with Crippen LogP contribution in [0.25, 0.3) is 10.2 Å². The van der Waals surface area contributed by atoms with Crippen molar-refractivity contribution >= 4 is 55.0 Å². The molecule has 9 heteroatoms. The van der Waals surface area contributed by atoms with Gasteiger partial charge in [0.2, 0.25) is 5.91 Å². The maximum Gasteiger partial charge on any atom is 0.349 e. The van der Waals surface area contributed by atoms with Crippen molar-refractivity contribution in [2.45, 2.75) is 20.1 Å². The van der Waals surface area contributed by atoms with Crippen LogP contribution in [0, 0.1) is 6.92 Å². The smallest absolute Gasteiger partial charge is 0.349 e. The lowest BCUT2D eigenvalue weighted by molar-refractivity contribution is -0.116. The van der Waals surface area contributed by atoms with E-state index in [1.165, 1.54) is 10.9 Å². The number of ether oxygens (including phenoxy) is 1. The van der Waals surface area contributed by atoms with E-state index in [1.807, 2.05) is 42.5 Å². The number of esters is 1. The van der Waals surface area contributed by atoms with Gasteiger partial charge in [0.1, 0.15) is 22.9 Å². The van der Waals surface area contributed by atoms with Gasteiger partial charge in [-0.05, 0) is 42.3 Å². The summed E-state index contributed by atoms with van der Waals surface area (Å²) in [6.07, 6.45) is 1.32. The van der Waals surface area contributed by atoms with Crippen molar-refractivity contribution in [3.05, 3.63) is 91.8 Å². The van der Waals surface area contributed by atoms with Gasteiger partial charge in [-0.3, -0.25) is 14.2 Å². The number of carbonyl (C=O) groups excluding carboxylic acids is 2. The van der Waals surface area contributed by atoms with E-state index >= 15 is 0 Å². The number of thiophene rings is 1. The van der Waals surface area contributed by atoms with E-state index in [4.69, 9.17) is 4.74 Å². The van der Waals surface area contributed by atoms with Gasteiger partial charge in [-0.1, -0.05) is 46.3 Å². The van der Waals surface area contributed by atoms with Gasteiger partial charge in [-0.15, -0.1) is 11.3 Å². The molecule has 0 saturated carbocycles. The molecule has 0 fully saturated rings. The van der Waals surface area contributed by atoms with Crippen LogP contribution in [0.4, 0.5) is 5.69 Å². The first-order valence-corrected chi connectivity index (χ1v) is 11.3. The summed E-state index contributed by atoms with van der Waals surface area (Å²) < 4.78 is 7.53. The minimum atomic E-state index is -0.506. The number of anilines is 1. The number of aromatic nitrogens is 2. The normalized spacial score (nSPS) is 10.8. The molecule has 4 aromatic rings. The lowest BCUT2D eigenvalue weighted by atomic mass is 10.2. The third-order valence-corrected chi connectivity index (χ3v) is 6.47. The maximum atomic E-state index is 13.0.